The number of nitrogens with zero attached hydrogens (tertiary/aromatic N) is 1. The number of carbonyl (C=O) groups is 1. The van der Waals surface area contributed by atoms with Gasteiger partial charge in [-0.1, -0.05) is 30.3 Å². The summed E-state index contributed by atoms with van der Waals surface area (Å²) in [5.41, 5.74) is 1.20. The van der Waals surface area contributed by atoms with Gasteiger partial charge in [-0.3, -0.25) is 4.79 Å². The van der Waals surface area contributed by atoms with Gasteiger partial charge in [0.1, 0.15) is 6.61 Å². The first-order chi connectivity index (χ1) is 8.24. The van der Waals surface area contributed by atoms with E-state index in [2.05, 4.69) is 0 Å². The molecule has 0 aliphatic carbocycles. The number of amides is 1. The largest absolute Gasteiger partial charge is 0.395 e. The van der Waals surface area contributed by atoms with Crippen LogP contribution in [0.15, 0.2) is 30.3 Å². The predicted octanol–water partition coefficient (Wildman–Crippen LogP) is 0.696. The average Bonchev–Trinajstić information content (AvgIpc) is 2.36. The molecule has 94 valence electrons. The fraction of sp³-hybridized carbons (Fsp3) is 0.462. The lowest BCUT2D eigenvalue weighted by Crippen LogP contribution is -2.32. The highest BCUT2D eigenvalue weighted by molar-refractivity contribution is 5.77. The second kappa shape index (κ2) is 7.81. The molecule has 0 aliphatic heterocycles. The van der Waals surface area contributed by atoms with E-state index in [1.807, 2.05) is 30.3 Å². The second-order valence-electron chi connectivity index (χ2n) is 3.83. The van der Waals surface area contributed by atoms with Gasteiger partial charge in [0.25, 0.3) is 0 Å². The van der Waals surface area contributed by atoms with E-state index in [1.165, 1.54) is 10.5 Å². The van der Waals surface area contributed by atoms with E-state index in [0.717, 1.165) is 6.42 Å². The highest BCUT2D eigenvalue weighted by Gasteiger charge is 2.07. The zero-order chi connectivity index (χ0) is 12.5. The van der Waals surface area contributed by atoms with E-state index >= 15 is 0 Å². The van der Waals surface area contributed by atoms with Crippen LogP contribution in [0.4, 0.5) is 0 Å². The summed E-state index contributed by atoms with van der Waals surface area (Å²) in [7, 11) is 1.65. The molecule has 0 unspecified atom stereocenters. The van der Waals surface area contributed by atoms with Crippen molar-refractivity contribution >= 4 is 5.91 Å². The molecule has 0 aliphatic rings. The smallest absolute Gasteiger partial charge is 0.248 e. The van der Waals surface area contributed by atoms with E-state index in [-0.39, 0.29) is 19.1 Å². The van der Waals surface area contributed by atoms with Crippen LogP contribution >= 0.6 is 0 Å². The number of rotatable bonds is 7. The lowest BCUT2D eigenvalue weighted by Gasteiger charge is -2.15. The van der Waals surface area contributed by atoms with Crippen LogP contribution in [0.3, 0.4) is 0 Å². The third kappa shape index (κ3) is 5.47. The van der Waals surface area contributed by atoms with Crippen molar-refractivity contribution in [2.75, 3.05) is 33.4 Å². The van der Waals surface area contributed by atoms with E-state index in [4.69, 9.17) is 9.84 Å². The predicted molar refractivity (Wildman–Crippen MR) is 65.7 cm³/mol. The Bertz CT molecular complexity index is 327. The Morgan fingerprint density at radius 3 is 2.71 bits per heavy atom. The summed E-state index contributed by atoms with van der Waals surface area (Å²) in [6.45, 7) is 0.930. The maximum atomic E-state index is 11.4. The van der Waals surface area contributed by atoms with Crippen molar-refractivity contribution in [2.24, 2.45) is 0 Å². The summed E-state index contributed by atoms with van der Waals surface area (Å²) in [5, 5.41) is 8.67. The average molecular weight is 237 g/mol. The summed E-state index contributed by atoms with van der Waals surface area (Å²) >= 11 is 0. The molecule has 1 rings (SSSR count). The van der Waals surface area contributed by atoms with Gasteiger partial charge in [-0.15, -0.1) is 0 Å². The normalized spacial score (nSPS) is 10.2. The Morgan fingerprint density at radius 2 is 2.06 bits per heavy atom. The summed E-state index contributed by atoms with van der Waals surface area (Å²) in [6, 6.07) is 9.99. The van der Waals surface area contributed by atoms with Gasteiger partial charge in [0.15, 0.2) is 0 Å². The molecule has 1 aromatic carbocycles. The van der Waals surface area contributed by atoms with Gasteiger partial charge in [0.2, 0.25) is 5.91 Å². The molecule has 0 fully saturated rings. The molecule has 1 amide bonds. The second-order valence-corrected chi connectivity index (χ2v) is 3.83. The van der Waals surface area contributed by atoms with Gasteiger partial charge in [-0.05, 0) is 12.0 Å². The molecule has 0 bridgehead atoms. The maximum absolute atomic E-state index is 11.4. The number of carbonyl (C=O) groups excluding carboxylic acids is 1. The van der Waals surface area contributed by atoms with Crippen molar-refractivity contribution in [2.45, 2.75) is 6.42 Å². The number of likely N-dealkylation sites (N-methyl/N-ethyl adjacent to an activating group) is 1. The quantitative estimate of drug-likeness (QED) is 0.710. The van der Waals surface area contributed by atoms with Gasteiger partial charge in [0, 0.05) is 13.6 Å². The third-order valence-electron chi connectivity index (χ3n) is 2.46. The topological polar surface area (TPSA) is 49.8 Å². The molecule has 0 saturated carbocycles. The monoisotopic (exact) mass is 237 g/mol. The molecular weight excluding hydrogens is 218 g/mol. The molecule has 0 spiro atoms. The number of hydrogen-bond acceptors (Lipinski definition) is 3. The van der Waals surface area contributed by atoms with Crippen molar-refractivity contribution in [3.05, 3.63) is 35.9 Å². The lowest BCUT2D eigenvalue weighted by atomic mass is 10.2. The Morgan fingerprint density at radius 1 is 1.35 bits per heavy atom. The fourth-order valence-electron chi connectivity index (χ4n) is 1.38. The van der Waals surface area contributed by atoms with Gasteiger partial charge >= 0.3 is 0 Å². The van der Waals surface area contributed by atoms with Gasteiger partial charge in [-0.2, -0.15) is 0 Å². The van der Waals surface area contributed by atoms with Crippen LogP contribution in [-0.4, -0.2) is 49.3 Å². The van der Waals surface area contributed by atoms with E-state index in [0.29, 0.717) is 13.2 Å². The molecule has 1 N–H and O–H groups in total. The molecule has 4 nitrogen and oxygen atoms in total. The van der Waals surface area contributed by atoms with Crippen molar-refractivity contribution in [1.82, 2.24) is 4.90 Å². The Balaban J connectivity index is 2.14. The van der Waals surface area contributed by atoms with Crippen LogP contribution in [0.25, 0.3) is 0 Å². The highest BCUT2D eigenvalue weighted by Crippen LogP contribution is 1.99. The van der Waals surface area contributed by atoms with Gasteiger partial charge < -0.3 is 14.7 Å². The van der Waals surface area contributed by atoms with E-state index in [1.54, 1.807) is 7.05 Å². The maximum Gasteiger partial charge on any atom is 0.248 e. The number of benzene rings is 1. The molecule has 0 aromatic heterocycles. The van der Waals surface area contributed by atoms with Crippen LogP contribution in [0.5, 0.6) is 0 Å². The van der Waals surface area contributed by atoms with Crippen LogP contribution in [-0.2, 0) is 16.0 Å². The molecular formula is C13H19NO3. The van der Waals surface area contributed by atoms with Crippen LogP contribution < -0.4 is 0 Å². The number of hydrogen-bond donors (Lipinski definition) is 1. The standard InChI is InChI=1S/C13H19NO3/c1-14(8-9-15)13(16)11-17-10-7-12-5-3-2-4-6-12/h2-6,15H,7-11H2,1H3. The Labute approximate surface area is 102 Å². The fourth-order valence-corrected chi connectivity index (χ4v) is 1.38. The van der Waals surface area contributed by atoms with Crippen molar-refractivity contribution < 1.29 is 14.6 Å². The molecule has 0 radical (unpaired) electrons. The minimum absolute atomic E-state index is 0.0216. The van der Waals surface area contributed by atoms with Gasteiger partial charge in [0.05, 0.1) is 13.2 Å². The SMILES string of the molecule is CN(CCO)C(=O)COCCc1ccccc1. The zero-order valence-electron chi connectivity index (χ0n) is 10.1. The third-order valence-corrected chi connectivity index (χ3v) is 2.46. The number of aliphatic hydroxyl groups is 1. The minimum atomic E-state index is -0.105. The first-order valence-corrected chi connectivity index (χ1v) is 5.70. The number of aliphatic hydroxyl groups excluding tert-OH is 1. The van der Waals surface area contributed by atoms with Crippen molar-refractivity contribution in [3.63, 3.8) is 0 Å². The molecule has 0 saturated heterocycles. The van der Waals surface area contributed by atoms with Crippen molar-refractivity contribution in [1.29, 1.82) is 0 Å². The molecule has 0 heterocycles. The molecule has 4 heteroatoms. The lowest BCUT2D eigenvalue weighted by molar-refractivity contribution is -0.135. The van der Waals surface area contributed by atoms with Crippen molar-refractivity contribution in [3.8, 4) is 0 Å². The molecule has 1 aromatic rings. The zero-order valence-corrected chi connectivity index (χ0v) is 10.1. The summed E-state index contributed by atoms with van der Waals surface area (Å²) in [4.78, 5) is 12.9. The summed E-state index contributed by atoms with van der Waals surface area (Å²) in [6.07, 6.45) is 0.803. The Hall–Kier alpha value is -1.39. The van der Waals surface area contributed by atoms with Gasteiger partial charge in [-0.25, -0.2) is 0 Å². The highest BCUT2D eigenvalue weighted by atomic mass is 16.5. The first kappa shape index (κ1) is 13.7. The van der Waals surface area contributed by atoms with E-state index < -0.39 is 0 Å². The van der Waals surface area contributed by atoms with Crippen LogP contribution in [0.2, 0.25) is 0 Å². The Kier molecular flexibility index (Phi) is 6.29. The number of ether oxygens (including phenoxy) is 1. The van der Waals surface area contributed by atoms with E-state index in [9.17, 15) is 4.79 Å². The minimum Gasteiger partial charge on any atom is -0.395 e. The van der Waals surface area contributed by atoms with Crippen LogP contribution in [0, 0.1) is 0 Å². The first-order valence-electron chi connectivity index (χ1n) is 5.70. The summed E-state index contributed by atoms with van der Waals surface area (Å²) in [5.74, 6) is -0.105. The molecule has 17 heavy (non-hydrogen) atoms. The summed E-state index contributed by atoms with van der Waals surface area (Å²) < 4.78 is 5.29. The molecule has 0 atom stereocenters. The van der Waals surface area contributed by atoms with Crippen LogP contribution in [0.1, 0.15) is 5.56 Å².